The highest BCUT2D eigenvalue weighted by Crippen LogP contribution is 2.27. The maximum absolute atomic E-state index is 5.72. The molecule has 0 saturated heterocycles. The van der Waals surface area contributed by atoms with E-state index in [2.05, 4.69) is 64.2 Å². The Balaban J connectivity index is 2.03. The minimum Gasteiger partial charge on any atom is -0.329 e. The fourth-order valence-corrected chi connectivity index (χ4v) is 3.70. The van der Waals surface area contributed by atoms with Gasteiger partial charge < -0.3 is 5.73 Å². The minimum absolute atomic E-state index is 0.693. The van der Waals surface area contributed by atoms with Gasteiger partial charge in [-0.15, -0.1) is 11.3 Å². The van der Waals surface area contributed by atoms with E-state index < -0.39 is 0 Å². The highest BCUT2D eigenvalue weighted by atomic mass is 79.9. The lowest BCUT2D eigenvalue weighted by atomic mass is 10.2. The van der Waals surface area contributed by atoms with Crippen molar-refractivity contribution in [1.29, 1.82) is 0 Å². The van der Waals surface area contributed by atoms with Gasteiger partial charge in [0.15, 0.2) is 0 Å². The maximum Gasteiger partial charge on any atom is 0.0332 e. The van der Waals surface area contributed by atoms with Crippen molar-refractivity contribution in [3.05, 3.63) is 56.2 Å². The normalized spacial score (nSPS) is 11.2. The van der Waals surface area contributed by atoms with Gasteiger partial charge in [0, 0.05) is 40.4 Å². The molecule has 0 aliphatic heterocycles. The quantitative estimate of drug-likeness (QED) is 0.868. The van der Waals surface area contributed by atoms with Gasteiger partial charge in [-0.2, -0.15) is 0 Å². The van der Waals surface area contributed by atoms with E-state index in [0.717, 1.165) is 19.6 Å². The van der Waals surface area contributed by atoms with Crippen molar-refractivity contribution in [1.82, 2.24) is 4.90 Å². The van der Waals surface area contributed by atoms with Gasteiger partial charge in [0.05, 0.1) is 0 Å². The lowest BCUT2D eigenvalue weighted by Crippen LogP contribution is -2.28. The molecule has 2 nitrogen and oxygen atoms in total. The van der Waals surface area contributed by atoms with Crippen molar-refractivity contribution in [2.45, 2.75) is 20.0 Å². The molecule has 4 heteroatoms. The SMILES string of the molecule is Cc1sc(CN(CCN)Cc2ccccc2)cc1Br. The fraction of sp³-hybridized carbons (Fsp3) is 0.333. The summed E-state index contributed by atoms with van der Waals surface area (Å²) in [4.78, 5) is 5.11. The second-order valence-corrected chi connectivity index (χ2v) is 6.80. The summed E-state index contributed by atoms with van der Waals surface area (Å²) in [7, 11) is 0. The van der Waals surface area contributed by atoms with E-state index >= 15 is 0 Å². The van der Waals surface area contributed by atoms with E-state index in [1.54, 1.807) is 0 Å². The molecule has 2 rings (SSSR count). The maximum atomic E-state index is 5.72. The lowest BCUT2D eigenvalue weighted by molar-refractivity contribution is 0.267. The molecule has 0 bridgehead atoms. The van der Waals surface area contributed by atoms with Crippen LogP contribution in [0.15, 0.2) is 40.9 Å². The third-order valence-electron chi connectivity index (χ3n) is 2.98. The van der Waals surface area contributed by atoms with Gasteiger partial charge in [0.1, 0.15) is 0 Å². The number of aryl methyl sites for hydroxylation is 1. The van der Waals surface area contributed by atoms with Crippen LogP contribution in [0.1, 0.15) is 15.3 Å². The summed E-state index contributed by atoms with van der Waals surface area (Å²) >= 11 is 5.43. The van der Waals surface area contributed by atoms with Crippen LogP contribution < -0.4 is 5.73 Å². The molecule has 1 aromatic carbocycles. The van der Waals surface area contributed by atoms with Gasteiger partial charge in [0.25, 0.3) is 0 Å². The summed E-state index contributed by atoms with van der Waals surface area (Å²) in [5.41, 5.74) is 7.06. The molecule has 1 aromatic heterocycles. The zero-order valence-electron chi connectivity index (χ0n) is 11.1. The first-order valence-electron chi connectivity index (χ1n) is 6.40. The van der Waals surface area contributed by atoms with Crippen LogP contribution in [0.2, 0.25) is 0 Å². The first-order chi connectivity index (χ1) is 9.19. The number of nitrogens with zero attached hydrogens (tertiary/aromatic N) is 1. The van der Waals surface area contributed by atoms with E-state index in [0.29, 0.717) is 6.54 Å². The topological polar surface area (TPSA) is 29.3 Å². The summed E-state index contributed by atoms with van der Waals surface area (Å²) in [6.07, 6.45) is 0. The zero-order chi connectivity index (χ0) is 13.7. The van der Waals surface area contributed by atoms with Gasteiger partial charge in [-0.1, -0.05) is 30.3 Å². The number of halogens is 1. The van der Waals surface area contributed by atoms with Gasteiger partial charge in [0.2, 0.25) is 0 Å². The average molecular weight is 339 g/mol. The van der Waals surface area contributed by atoms with E-state index in [4.69, 9.17) is 5.73 Å². The van der Waals surface area contributed by atoms with Crippen molar-refractivity contribution in [2.24, 2.45) is 5.73 Å². The standard InChI is InChI=1S/C15H19BrN2S/c1-12-15(16)9-14(19-12)11-18(8-7-17)10-13-5-3-2-4-6-13/h2-6,9H,7-8,10-11,17H2,1H3. The van der Waals surface area contributed by atoms with Gasteiger partial charge in [-0.05, 0) is 34.5 Å². The average Bonchev–Trinajstić information content (AvgIpc) is 2.70. The number of nitrogens with two attached hydrogens (primary N) is 1. The summed E-state index contributed by atoms with van der Waals surface area (Å²) in [6, 6.07) is 12.8. The molecule has 0 radical (unpaired) electrons. The van der Waals surface area contributed by atoms with Gasteiger partial charge in [-0.25, -0.2) is 0 Å². The van der Waals surface area contributed by atoms with Crippen LogP contribution >= 0.6 is 27.3 Å². The Hall–Kier alpha value is -0.680. The molecule has 1 heterocycles. The first kappa shape index (κ1) is 14.7. The number of hydrogen-bond acceptors (Lipinski definition) is 3. The van der Waals surface area contributed by atoms with Crippen LogP contribution in [0.25, 0.3) is 0 Å². The van der Waals surface area contributed by atoms with E-state index in [9.17, 15) is 0 Å². The molecule has 0 fully saturated rings. The minimum atomic E-state index is 0.693. The molecule has 0 spiro atoms. The largest absolute Gasteiger partial charge is 0.329 e. The Morgan fingerprint density at radius 1 is 1.21 bits per heavy atom. The van der Waals surface area contributed by atoms with Crippen molar-refractivity contribution in [2.75, 3.05) is 13.1 Å². The van der Waals surface area contributed by atoms with Crippen LogP contribution in [0.4, 0.5) is 0 Å². The summed E-state index contributed by atoms with van der Waals surface area (Å²) in [5.74, 6) is 0. The Labute approximate surface area is 127 Å². The van der Waals surface area contributed by atoms with Crippen molar-refractivity contribution in [3.8, 4) is 0 Å². The molecular weight excluding hydrogens is 320 g/mol. The fourth-order valence-electron chi connectivity index (χ4n) is 2.05. The molecule has 0 aliphatic carbocycles. The van der Waals surface area contributed by atoms with Crippen molar-refractivity contribution < 1.29 is 0 Å². The molecule has 102 valence electrons. The number of hydrogen-bond donors (Lipinski definition) is 1. The first-order valence-corrected chi connectivity index (χ1v) is 8.01. The molecule has 2 aromatic rings. The Morgan fingerprint density at radius 2 is 1.95 bits per heavy atom. The number of rotatable bonds is 6. The predicted molar refractivity (Wildman–Crippen MR) is 86.4 cm³/mol. The highest BCUT2D eigenvalue weighted by Gasteiger charge is 2.09. The van der Waals surface area contributed by atoms with Gasteiger partial charge in [-0.3, -0.25) is 4.90 Å². The smallest absolute Gasteiger partial charge is 0.0332 e. The lowest BCUT2D eigenvalue weighted by Gasteiger charge is -2.20. The van der Waals surface area contributed by atoms with Crippen molar-refractivity contribution >= 4 is 27.3 Å². The third-order valence-corrected chi connectivity index (χ3v) is 5.10. The van der Waals surface area contributed by atoms with Crippen LogP contribution in [0.3, 0.4) is 0 Å². The molecule has 0 aliphatic rings. The predicted octanol–water partition coefficient (Wildman–Crippen LogP) is 3.78. The summed E-state index contributed by atoms with van der Waals surface area (Å²) < 4.78 is 1.21. The van der Waals surface area contributed by atoms with Crippen LogP contribution in [-0.2, 0) is 13.1 Å². The van der Waals surface area contributed by atoms with Gasteiger partial charge >= 0.3 is 0 Å². The Morgan fingerprint density at radius 3 is 2.53 bits per heavy atom. The molecular formula is C15H19BrN2S. The van der Waals surface area contributed by atoms with E-state index in [-0.39, 0.29) is 0 Å². The van der Waals surface area contributed by atoms with E-state index in [1.165, 1.54) is 19.8 Å². The second kappa shape index (κ2) is 7.20. The molecule has 19 heavy (non-hydrogen) atoms. The molecule has 0 unspecified atom stereocenters. The van der Waals surface area contributed by atoms with Crippen LogP contribution in [-0.4, -0.2) is 18.0 Å². The second-order valence-electron chi connectivity index (χ2n) is 4.60. The Bertz CT molecular complexity index is 491. The Kier molecular flexibility index (Phi) is 5.58. The van der Waals surface area contributed by atoms with Crippen LogP contribution in [0, 0.1) is 6.92 Å². The third kappa shape index (κ3) is 4.42. The van der Waals surface area contributed by atoms with Crippen LogP contribution in [0.5, 0.6) is 0 Å². The summed E-state index contributed by atoms with van der Waals surface area (Å²) in [5, 5.41) is 0. The van der Waals surface area contributed by atoms with Crippen molar-refractivity contribution in [3.63, 3.8) is 0 Å². The number of benzene rings is 1. The zero-order valence-corrected chi connectivity index (χ0v) is 13.5. The monoisotopic (exact) mass is 338 g/mol. The molecule has 2 N–H and O–H groups in total. The highest BCUT2D eigenvalue weighted by molar-refractivity contribution is 9.10. The molecule has 0 saturated carbocycles. The molecule has 0 amide bonds. The van der Waals surface area contributed by atoms with E-state index in [1.807, 2.05) is 11.3 Å². The number of thiophene rings is 1. The summed E-state index contributed by atoms with van der Waals surface area (Å²) in [6.45, 7) is 5.67. The molecule has 0 atom stereocenters.